The van der Waals surface area contributed by atoms with Crippen molar-refractivity contribution in [2.24, 2.45) is 29.1 Å². The van der Waals surface area contributed by atoms with Crippen molar-refractivity contribution in [3.63, 3.8) is 0 Å². The average Bonchev–Trinajstić information content (AvgIpc) is 2.86. The van der Waals surface area contributed by atoms with Gasteiger partial charge in [0.15, 0.2) is 0 Å². The zero-order valence-electron chi connectivity index (χ0n) is 13.3. The van der Waals surface area contributed by atoms with Crippen LogP contribution in [0.5, 0.6) is 0 Å². The standard InChI is InChI=1S/C20H27N/c1-20(2)10-9-12-5-3-4-6-15(12)19(20)21-18-16-13-7-8-14(11-13)17(16)18/h3-6,13-14,16-19,21H,7-11H2,1-2H3. The molecule has 1 heteroatoms. The molecule has 5 atom stereocenters. The molecule has 2 bridgehead atoms. The zero-order chi connectivity index (χ0) is 14.2. The highest BCUT2D eigenvalue weighted by Crippen LogP contribution is 2.66. The highest BCUT2D eigenvalue weighted by Gasteiger charge is 2.65. The van der Waals surface area contributed by atoms with Crippen LogP contribution < -0.4 is 5.32 Å². The molecule has 5 rings (SSSR count). The van der Waals surface area contributed by atoms with E-state index >= 15 is 0 Å². The molecule has 0 radical (unpaired) electrons. The molecule has 3 saturated carbocycles. The second-order valence-electron chi connectivity index (χ2n) is 8.80. The van der Waals surface area contributed by atoms with Crippen LogP contribution in [-0.2, 0) is 6.42 Å². The van der Waals surface area contributed by atoms with Crippen LogP contribution in [0, 0.1) is 29.1 Å². The first-order valence-corrected chi connectivity index (χ1v) is 8.99. The van der Waals surface area contributed by atoms with Crippen LogP contribution in [0.1, 0.15) is 56.7 Å². The van der Waals surface area contributed by atoms with Gasteiger partial charge in [0.25, 0.3) is 0 Å². The molecular formula is C20H27N. The van der Waals surface area contributed by atoms with E-state index in [1.807, 2.05) is 0 Å². The van der Waals surface area contributed by atoms with Crippen LogP contribution in [0.2, 0.25) is 0 Å². The van der Waals surface area contributed by atoms with Crippen molar-refractivity contribution >= 4 is 0 Å². The lowest BCUT2D eigenvalue weighted by Gasteiger charge is -2.41. The number of rotatable bonds is 2. The van der Waals surface area contributed by atoms with E-state index in [1.54, 1.807) is 17.5 Å². The first-order valence-electron chi connectivity index (χ1n) is 8.99. The van der Waals surface area contributed by atoms with Gasteiger partial charge in [-0.15, -0.1) is 0 Å². The first-order chi connectivity index (χ1) is 10.1. The van der Waals surface area contributed by atoms with Crippen LogP contribution in [0.4, 0.5) is 0 Å². The fraction of sp³-hybridized carbons (Fsp3) is 0.700. The van der Waals surface area contributed by atoms with Crippen molar-refractivity contribution < 1.29 is 0 Å². The van der Waals surface area contributed by atoms with Gasteiger partial charge in [-0.1, -0.05) is 38.1 Å². The predicted octanol–water partition coefficient (Wildman–Crippen LogP) is 4.33. The van der Waals surface area contributed by atoms with Crippen LogP contribution in [0.25, 0.3) is 0 Å². The van der Waals surface area contributed by atoms with Crippen LogP contribution >= 0.6 is 0 Å². The van der Waals surface area contributed by atoms with Crippen LogP contribution in [-0.4, -0.2) is 6.04 Å². The number of hydrogen-bond acceptors (Lipinski definition) is 1. The highest BCUT2D eigenvalue weighted by atomic mass is 15.1. The van der Waals surface area contributed by atoms with Gasteiger partial charge >= 0.3 is 0 Å². The van der Waals surface area contributed by atoms with E-state index in [-0.39, 0.29) is 0 Å². The van der Waals surface area contributed by atoms with Gasteiger partial charge in [-0.2, -0.15) is 0 Å². The van der Waals surface area contributed by atoms with E-state index in [0.717, 1.165) is 29.7 Å². The molecule has 0 saturated heterocycles. The molecule has 3 fully saturated rings. The van der Waals surface area contributed by atoms with E-state index in [0.29, 0.717) is 11.5 Å². The Balaban J connectivity index is 1.43. The second-order valence-corrected chi connectivity index (χ2v) is 8.80. The van der Waals surface area contributed by atoms with Crippen LogP contribution in [0.15, 0.2) is 24.3 Å². The topological polar surface area (TPSA) is 12.0 Å². The summed E-state index contributed by atoms with van der Waals surface area (Å²) in [5, 5.41) is 4.14. The highest BCUT2D eigenvalue weighted by molar-refractivity contribution is 5.35. The Bertz CT molecular complexity index is 559. The van der Waals surface area contributed by atoms with E-state index in [1.165, 1.54) is 25.7 Å². The van der Waals surface area contributed by atoms with Crippen molar-refractivity contribution in [1.29, 1.82) is 0 Å². The normalized spacial score (nSPS) is 45.2. The molecule has 0 spiro atoms. The predicted molar refractivity (Wildman–Crippen MR) is 86.0 cm³/mol. The van der Waals surface area contributed by atoms with Gasteiger partial charge in [0, 0.05) is 12.1 Å². The lowest BCUT2D eigenvalue weighted by atomic mass is 9.70. The largest absolute Gasteiger partial charge is 0.306 e. The molecular weight excluding hydrogens is 254 g/mol. The summed E-state index contributed by atoms with van der Waals surface area (Å²) in [6.07, 6.45) is 7.17. The smallest absolute Gasteiger partial charge is 0.0377 e. The Kier molecular flexibility index (Phi) is 2.50. The van der Waals surface area contributed by atoms with Gasteiger partial charge in [-0.25, -0.2) is 0 Å². The molecule has 0 amide bonds. The number of benzene rings is 1. The molecule has 1 nitrogen and oxygen atoms in total. The third kappa shape index (κ3) is 1.73. The molecule has 0 heterocycles. The summed E-state index contributed by atoms with van der Waals surface area (Å²) in [5.74, 6) is 4.21. The maximum Gasteiger partial charge on any atom is 0.0377 e. The molecule has 112 valence electrons. The van der Waals surface area contributed by atoms with Crippen molar-refractivity contribution in [3.8, 4) is 0 Å². The Labute approximate surface area is 128 Å². The maximum absolute atomic E-state index is 4.14. The van der Waals surface area contributed by atoms with Gasteiger partial charge in [0.1, 0.15) is 0 Å². The van der Waals surface area contributed by atoms with Crippen molar-refractivity contribution in [2.45, 2.75) is 58.0 Å². The molecule has 1 aromatic carbocycles. The van der Waals surface area contributed by atoms with Crippen molar-refractivity contribution in [3.05, 3.63) is 35.4 Å². The lowest BCUT2D eigenvalue weighted by molar-refractivity contribution is 0.199. The number of nitrogens with one attached hydrogen (secondary N) is 1. The Morgan fingerprint density at radius 2 is 1.76 bits per heavy atom. The zero-order valence-corrected chi connectivity index (χ0v) is 13.3. The summed E-state index contributed by atoms with van der Waals surface area (Å²) in [6.45, 7) is 4.93. The molecule has 0 aromatic heterocycles. The van der Waals surface area contributed by atoms with E-state index < -0.39 is 0 Å². The molecule has 21 heavy (non-hydrogen) atoms. The summed E-state index contributed by atoms with van der Waals surface area (Å²) >= 11 is 0. The Hall–Kier alpha value is -0.820. The summed E-state index contributed by atoms with van der Waals surface area (Å²) in [4.78, 5) is 0. The minimum atomic E-state index is 0.393. The van der Waals surface area contributed by atoms with Gasteiger partial charge in [-0.3, -0.25) is 0 Å². The van der Waals surface area contributed by atoms with E-state index in [4.69, 9.17) is 0 Å². The molecule has 4 aliphatic rings. The minimum Gasteiger partial charge on any atom is -0.306 e. The lowest BCUT2D eigenvalue weighted by Crippen LogP contribution is -2.40. The summed E-state index contributed by atoms with van der Waals surface area (Å²) in [6, 6.07) is 10.6. The van der Waals surface area contributed by atoms with Gasteiger partial charge in [0.2, 0.25) is 0 Å². The number of fused-ring (bicyclic) bond motifs is 6. The summed E-state index contributed by atoms with van der Waals surface area (Å²) in [5.41, 5.74) is 3.57. The fourth-order valence-corrected chi connectivity index (χ4v) is 6.12. The molecule has 0 aliphatic heterocycles. The van der Waals surface area contributed by atoms with Gasteiger partial charge in [0.05, 0.1) is 0 Å². The van der Waals surface area contributed by atoms with Crippen molar-refractivity contribution in [1.82, 2.24) is 5.32 Å². The first kappa shape index (κ1) is 12.7. The fourth-order valence-electron chi connectivity index (χ4n) is 6.12. The SMILES string of the molecule is CC1(C)CCc2ccccc2C1NC1C2C3CCC(C3)C12. The van der Waals surface area contributed by atoms with Gasteiger partial charge in [-0.05, 0) is 72.3 Å². The minimum absolute atomic E-state index is 0.393. The molecule has 1 N–H and O–H groups in total. The maximum atomic E-state index is 4.14. The number of hydrogen-bond donors (Lipinski definition) is 1. The quantitative estimate of drug-likeness (QED) is 0.850. The average molecular weight is 281 g/mol. The molecule has 5 unspecified atom stereocenters. The Morgan fingerprint density at radius 1 is 1.05 bits per heavy atom. The second kappa shape index (κ2) is 4.13. The Morgan fingerprint density at radius 3 is 2.52 bits per heavy atom. The molecule has 4 aliphatic carbocycles. The number of aryl methyl sites for hydroxylation is 1. The van der Waals surface area contributed by atoms with E-state index in [9.17, 15) is 0 Å². The monoisotopic (exact) mass is 281 g/mol. The van der Waals surface area contributed by atoms with Gasteiger partial charge < -0.3 is 5.32 Å². The van der Waals surface area contributed by atoms with Crippen LogP contribution in [0.3, 0.4) is 0 Å². The summed E-state index contributed by atoms with van der Waals surface area (Å²) in [7, 11) is 0. The summed E-state index contributed by atoms with van der Waals surface area (Å²) < 4.78 is 0. The van der Waals surface area contributed by atoms with E-state index in [2.05, 4.69) is 43.4 Å². The third-order valence-electron chi connectivity index (χ3n) is 7.28. The molecule has 1 aromatic rings. The third-order valence-corrected chi connectivity index (χ3v) is 7.28. The van der Waals surface area contributed by atoms with Crippen molar-refractivity contribution in [2.75, 3.05) is 0 Å².